The van der Waals surface area contributed by atoms with Crippen LogP contribution in [-0.2, 0) is 6.61 Å². The fraction of sp³-hybridized carbons (Fsp3) is 0.0476. The second-order valence-corrected chi connectivity index (χ2v) is 5.32. The first-order valence-electron chi connectivity index (χ1n) is 7.51. The third kappa shape index (κ3) is 3.61. The lowest BCUT2D eigenvalue weighted by molar-refractivity contribution is 0.306. The number of rotatable bonds is 4. The highest BCUT2D eigenvalue weighted by molar-refractivity contribution is 5.66. The first-order chi connectivity index (χ1) is 11.8. The molecule has 0 spiro atoms. The van der Waals surface area contributed by atoms with E-state index in [1.165, 1.54) is 0 Å². The van der Waals surface area contributed by atoms with Crippen LogP contribution in [0.25, 0.3) is 11.1 Å². The van der Waals surface area contributed by atoms with E-state index in [-0.39, 0.29) is 0 Å². The topological polar surface area (TPSA) is 56.8 Å². The molecule has 3 rings (SSSR count). The van der Waals surface area contributed by atoms with E-state index >= 15 is 0 Å². The highest BCUT2D eigenvalue weighted by atomic mass is 16.5. The maximum absolute atomic E-state index is 9.02. The van der Waals surface area contributed by atoms with Crippen molar-refractivity contribution in [1.29, 1.82) is 10.5 Å². The van der Waals surface area contributed by atoms with Crippen molar-refractivity contribution >= 4 is 0 Å². The van der Waals surface area contributed by atoms with E-state index in [1.54, 1.807) is 12.1 Å². The van der Waals surface area contributed by atoms with Crippen LogP contribution in [0.3, 0.4) is 0 Å². The third-order valence-corrected chi connectivity index (χ3v) is 3.62. The smallest absolute Gasteiger partial charge is 0.120 e. The van der Waals surface area contributed by atoms with Gasteiger partial charge in [-0.25, -0.2) is 0 Å². The Kier molecular flexibility index (Phi) is 4.56. The standard InChI is InChI=1S/C21H14N2O/c22-13-16-4-1-6-18(10-16)15-24-21-9-3-8-20(12-21)19-7-2-5-17(11-19)14-23/h1-12H,15H2. The van der Waals surface area contributed by atoms with Crippen molar-refractivity contribution in [2.75, 3.05) is 0 Å². The van der Waals surface area contributed by atoms with Gasteiger partial charge in [-0.2, -0.15) is 10.5 Å². The maximum Gasteiger partial charge on any atom is 0.120 e. The van der Waals surface area contributed by atoms with Gasteiger partial charge in [0.15, 0.2) is 0 Å². The highest BCUT2D eigenvalue weighted by Gasteiger charge is 2.02. The number of hydrogen-bond acceptors (Lipinski definition) is 3. The second kappa shape index (κ2) is 7.13. The van der Waals surface area contributed by atoms with E-state index in [0.29, 0.717) is 17.7 Å². The summed E-state index contributed by atoms with van der Waals surface area (Å²) in [6.45, 7) is 0.400. The minimum Gasteiger partial charge on any atom is -0.489 e. The van der Waals surface area contributed by atoms with Crippen molar-refractivity contribution in [1.82, 2.24) is 0 Å². The lowest BCUT2D eigenvalue weighted by Gasteiger charge is -2.09. The monoisotopic (exact) mass is 310 g/mol. The molecule has 3 nitrogen and oxygen atoms in total. The predicted octanol–water partition coefficient (Wildman–Crippen LogP) is 4.68. The zero-order valence-corrected chi connectivity index (χ0v) is 12.9. The highest BCUT2D eigenvalue weighted by Crippen LogP contribution is 2.25. The quantitative estimate of drug-likeness (QED) is 0.703. The van der Waals surface area contributed by atoms with Gasteiger partial charge >= 0.3 is 0 Å². The molecule has 0 unspecified atom stereocenters. The first-order valence-corrected chi connectivity index (χ1v) is 7.51. The van der Waals surface area contributed by atoms with Crippen molar-refractivity contribution in [3.63, 3.8) is 0 Å². The third-order valence-electron chi connectivity index (χ3n) is 3.62. The summed E-state index contributed by atoms with van der Waals surface area (Å²) in [6, 6.07) is 26.9. The van der Waals surface area contributed by atoms with Crippen LogP contribution < -0.4 is 4.74 Å². The number of hydrogen-bond donors (Lipinski definition) is 0. The van der Waals surface area contributed by atoms with E-state index in [0.717, 1.165) is 22.4 Å². The lowest BCUT2D eigenvalue weighted by Crippen LogP contribution is -1.96. The van der Waals surface area contributed by atoms with Crippen molar-refractivity contribution in [3.8, 4) is 29.0 Å². The zero-order chi connectivity index (χ0) is 16.8. The molecule has 0 aliphatic rings. The largest absolute Gasteiger partial charge is 0.489 e. The van der Waals surface area contributed by atoms with Crippen molar-refractivity contribution in [2.45, 2.75) is 6.61 Å². The molecule has 0 bridgehead atoms. The maximum atomic E-state index is 9.02. The van der Waals surface area contributed by atoms with Crippen LogP contribution in [0.1, 0.15) is 16.7 Å². The van der Waals surface area contributed by atoms with Crippen LogP contribution in [-0.4, -0.2) is 0 Å². The molecule has 114 valence electrons. The Bertz CT molecular complexity index is 948. The van der Waals surface area contributed by atoms with Crippen LogP contribution in [0, 0.1) is 22.7 Å². The number of ether oxygens (including phenoxy) is 1. The molecular weight excluding hydrogens is 296 g/mol. The Balaban J connectivity index is 1.78. The van der Waals surface area contributed by atoms with Crippen LogP contribution in [0.5, 0.6) is 5.75 Å². The summed E-state index contributed by atoms with van der Waals surface area (Å²) in [6.07, 6.45) is 0. The molecule has 0 saturated carbocycles. The number of nitriles is 2. The molecule has 0 aromatic heterocycles. The molecule has 0 fully saturated rings. The van der Waals surface area contributed by atoms with Crippen molar-refractivity contribution < 1.29 is 4.74 Å². The van der Waals surface area contributed by atoms with E-state index in [9.17, 15) is 0 Å². The summed E-state index contributed by atoms with van der Waals surface area (Å²) < 4.78 is 5.84. The normalized spacial score (nSPS) is 9.75. The number of benzene rings is 3. The molecule has 3 aromatic carbocycles. The molecule has 3 aromatic rings. The van der Waals surface area contributed by atoms with Gasteiger partial charge in [0.25, 0.3) is 0 Å². The van der Waals surface area contributed by atoms with E-state index in [4.69, 9.17) is 15.3 Å². The molecule has 0 aliphatic carbocycles. The summed E-state index contributed by atoms with van der Waals surface area (Å²) in [7, 11) is 0. The number of nitrogens with zero attached hydrogens (tertiary/aromatic N) is 2. The van der Waals surface area contributed by atoms with E-state index in [1.807, 2.05) is 60.7 Å². The first kappa shape index (κ1) is 15.3. The molecule has 0 aliphatic heterocycles. The second-order valence-electron chi connectivity index (χ2n) is 5.32. The average molecular weight is 310 g/mol. The molecule has 3 heteroatoms. The van der Waals surface area contributed by atoms with Gasteiger partial charge in [0, 0.05) is 0 Å². The molecule has 0 heterocycles. The summed E-state index contributed by atoms with van der Waals surface area (Å²) in [4.78, 5) is 0. The Morgan fingerprint density at radius 1 is 0.708 bits per heavy atom. The lowest BCUT2D eigenvalue weighted by atomic mass is 10.0. The zero-order valence-electron chi connectivity index (χ0n) is 12.9. The van der Waals surface area contributed by atoms with Crippen molar-refractivity contribution in [3.05, 3.63) is 89.5 Å². The predicted molar refractivity (Wildman–Crippen MR) is 92.1 cm³/mol. The van der Waals surface area contributed by atoms with Crippen molar-refractivity contribution in [2.24, 2.45) is 0 Å². The summed E-state index contributed by atoms with van der Waals surface area (Å²) in [5.74, 6) is 0.747. The molecule has 0 N–H and O–H groups in total. The Morgan fingerprint density at radius 3 is 2.08 bits per heavy atom. The van der Waals surface area contributed by atoms with Gasteiger partial charge in [-0.15, -0.1) is 0 Å². The minimum absolute atomic E-state index is 0.400. The van der Waals surface area contributed by atoms with Crippen LogP contribution >= 0.6 is 0 Å². The molecule has 0 atom stereocenters. The van der Waals surface area contributed by atoms with Crippen LogP contribution in [0.15, 0.2) is 72.8 Å². The van der Waals surface area contributed by atoms with Gasteiger partial charge in [-0.1, -0.05) is 36.4 Å². The van der Waals surface area contributed by atoms with Gasteiger partial charge in [0.05, 0.1) is 23.3 Å². The fourth-order valence-electron chi connectivity index (χ4n) is 2.43. The van der Waals surface area contributed by atoms with Gasteiger partial charge < -0.3 is 4.74 Å². The van der Waals surface area contributed by atoms with Gasteiger partial charge in [0.2, 0.25) is 0 Å². The van der Waals surface area contributed by atoms with Gasteiger partial charge in [-0.05, 0) is 53.1 Å². The molecule has 0 amide bonds. The molecular formula is C21H14N2O. The van der Waals surface area contributed by atoms with E-state index < -0.39 is 0 Å². The van der Waals surface area contributed by atoms with Gasteiger partial charge in [0.1, 0.15) is 12.4 Å². The fourth-order valence-corrected chi connectivity index (χ4v) is 2.43. The van der Waals surface area contributed by atoms with Crippen LogP contribution in [0.4, 0.5) is 0 Å². The Hall–Kier alpha value is -3.56. The summed E-state index contributed by atoms with van der Waals surface area (Å²) in [5, 5.41) is 18.0. The summed E-state index contributed by atoms with van der Waals surface area (Å²) >= 11 is 0. The average Bonchev–Trinajstić information content (AvgIpc) is 2.67. The Labute approximate surface area is 141 Å². The Morgan fingerprint density at radius 2 is 1.33 bits per heavy atom. The van der Waals surface area contributed by atoms with E-state index in [2.05, 4.69) is 12.1 Å². The molecule has 0 saturated heterocycles. The van der Waals surface area contributed by atoms with Gasteiger partial charge in [-0.3, -0.25) is 0 Å². The molecule has 0 radical (unpaired) electrons. The van der Waals surface area contributed by atoms with Crippen LogP contribution in [0.2, 0.25) is 0 Å². The SMILES string of the molecule is N#Cc1cccc(COc2cccc(-c3cccc(C#N)c3)c2)c1. The minimum atomic E-state index is 0.400. The summed E-state index contributed by atoms with van der Waals surface area (Å²) in [5.41, 5.74) is 4.18. The molecule has 24 heavy (non-hydrogen) atoms.